The molecular formula is C12H13ClN6S. The molecular weight excluding hydrogens is 296 g/mol. The SMILES string of the molecule is CCc1nc(Cl)cc(Nc2nc3sc(C)c(C)n3n2)n1. The van der Waals surface area contributed by atoms with Gasteiger partial charge in [0.25, 0.3) is 0 Å². The van der Waals surface area contributed by atoms with E-state index < -0.39 is 0 Å². The molecule has 104 valence electrons. The highest BCUT2D eigenvalue weighted by molar-refractivity contribution is 7.17. The van der Waals surface area contributed by atoms with Crippen molar-refractivity contribution >= 4 is 39.7 Å². The van der Waals surface area contributed by atoms with Gasteiger partial charge in [0.1, 0.15) is 16.8 Å². The number of hydrogen-bond acceptors (Lipinski definition) is 6. The lowest BCUT2D eigenvalue weighted by molar-refractivity contribution is 0.920. The molecule has 0 saturated heterocycles. The number of halogens is 1. The van der Waals surface area contributed by atoms with Crippen LogP contribution in [0.3, 0.4) is 0 Å². The number of hydrogen-bond donors (Lipinski definition) is 1. The molecule has 0 bridgehead atoms. The fourth-order valence-electron chi connectivity index (χ4n) is 1.80. The maximum atomic E-state index is 5.96. The molecule has 0 fully saturated rings. The maximum Gasteiger partial charge on any atom is 0.249 e. The standard InChI is InChI=1S/C12H13ClN6S/c1-4-9-14-8(13)5-10(15-9)16-11-17-12-19(18-11)6(2)7(3)20-12/h5H,4H2,1-3H3,(H,14,15,16,18). The molecule has 0 aliphatic carbocycles. The molecule has 0 saturated carbocycles. The van der Waals surface area contributed by atoms with Crippen LogP contribution in [0.4, 0.5) is 11.8 Å². The van der Waals surface area contributed by atoms with E-state index in [1.807, 2.05) is 18.4 Å². The van der Waals surface area contributed by atoms with Crippen LogP contribution in [0.2, 0.25) is 5.15 Å². The molecule has 0 aliphatic rings. The first-order valence-electron chi connectivity index (χ1n) is 6.20. The zero-order valence-electron chi connectivity index (χ0n) is 11.3. The van der Waals surface area contributed by atoms with Gasteiger partial charge in [-0.3, -0.25) is 0 Å². The fourth-order valence-corrected chi connectivity index (χ4v) is 2.90. The zero-order chi connectivity index (χ0) is 14.3. The van der Waals surface area contributed by atoms with Crippen molar-refractivity contribution < 1.29 is 0 Å². The molecule has 20 heavy (non-hydrogen) atoms. The summed E-state index contributed by atoms with van der Waals surface area (Å²) in [5, 5.41) is 7.89. The second-order valence-corrected chi connectivity index (χ2v) is 5.91. The monoisotopic (exact) mass is 308 g/mol. The summed E-state index contributed by atoms with van der Waals surface area (Å²) in [5.41, 5.74) is 1.10. The van der Waals surface area contributed by atoms with Gasteiger partial charge in [-0.15, -0.1) is 5.10 Å². The van der Waals surface area contributed by atoms with Crippen molar-refractivity contribution in [1.82, 2.24) is 24.6 Å². The van der Waals surface area contributed by atoms with Crippen LogP contribution in [0.1, 0.15) is 23.3 Å². The van der Waals surface area contributed by atoms with Gasteiger partial charge in [-0.2, -0.15) is 4.98 Å². The number of fused-ring (bicyclic) bond motifs is 1. The highest BCUT2D eigenvalue weighted by atomic mass is 35.5. The number of aromatic nitrogens is 5. The van der Waals surface area contributed by atoms with Crippen LogP contribution in [0.5, 0.6) is 0 Å². The Morgan fingerprint density at radius 1 is 1.30 bits per heavy atom. The molecule has 8 heteroatoms. The van der Waals surface area contributed by atoms with Crippen LogP contribution in [0.25, 0.3) is 4.96 Å². The molecule has 0 spiro atoms. The third kappa shape index (κ3) is 2.34. The van der Waals surface area contributed by atoms with Crippen molar-refractivity contribution in [3.05, 3.63) is 27.6 Å². The van der Waals surface area contributed by atoms with E-state index in [9.17, 15) is 0 Å². The molecule has 3 heterocycles. The summed E-state index contributed by atoms with van der Waals surface area (Å²) in [6, 6.07) is 1.66. The third-order valence-corrected chi connectivity index (χ3v) is 4.19. The Hall–Kier alpha value is -1.73. The lowest BCUT2D eigenvalue weighted by Crippen LogP contribution is -2.01. The van der Waals surface area contributed by atoms with E-state index in [-0.39, 0.29) is 0 Å². The van der Waals surface area contributed by atoms with E-state index in [1.165, 1.54) is 4.88 Å². The first kappa shape index (κ1) is 13.3. The third-order valence-electron chi connectivity index (χ3n) is 2.95. The fraction of sp³-hybridized carbons (Fsp3) is 0.333. The van der Waals surface area contributed by atoms with Crippen LogP contribution in [0.15, 0.2) is 6.07 Å². The quantitative estimate of drug-likeness (QED) is 0.753. The van der Waals surface area contributed by atoms with E-state index in [2.05, 4.69) is 32.3 Å². The summed E-state index contributed by atoms with van der Waals surface area (Å²) in [4.78, 5) is 15.0. The molecule has 3 aromatic heterocycles. The smallest absolute Gasteiger partial charge is 0.249 e. The van der Waals surface area contributed by atoms with Gasteiger partial charge in [0.15, 0.2) is 0 Å². The summed E-state index contributed by atoms with van der Waals surface area (Å²) in [5.74, 6) is 1.80. The minimum atomic E-state index is 0.410. The Bertz CT molecular complexity index is 778. The van der Waals surface area contributed by atoms with Crippen LogP contribution in [-0.4, -0.2) is 24.6 Å². The molecule has 0 amide bonds. The molecule has 0 aliphatic heterocycles. The van der Waals surface area contributed by atoms with E-state index >= 15 is 0 Å². The average molecular weight is 309 g/mol. The predicted molar refractivity (Wildman–Crippen MR) is 80.0 cm³/mol. The highest BCUT2D eigenvalue weighted by Gasteiger charge is 2.11. The van der Waals surface area contributed by atoms with Gasteiger partial charge in [-0.05, 0) is 13.8 Å². The number of anilines is 2. The highest BCUT2D eigenvalue weighted by Crippen LogP contribution is 2.22. The second-order valence-electron chi connectivity index (χ2n) is 4.34. The van der Waals surface area contributed by atoms with Crippen LogP contribution >= 0.6 is 22.9 Å². The van der Waals surface area contributed by atoms with Crippen molar-refractivity contribution in [3.63, 3.8) is 0 Å². The largest absolute Gasteiger partial charge is 0.307 e. The zero-order valence-corrected chi connectivity index (χ0v) is 12.9. The van der Waals surface area contributed by atoms with Gasteiger partial charge in [0, 0.05) is 17.4 Å². The van der Waals surface area contributed by atoms with E-state index in [1.54, 1.807) is 17.4 Å². The summed E-state index contributed by atoms with van der Waals surface area (Å²) in [6.07, 6.45) is 0.721. The Balaban J connectivity index is 1.94. The summed E-state index contributed by atoms with van der Waals surface area (Å²) in [6.45, 7) is 6.06. The first-order valence-corrected chi connectivity index (χ1v) is 7.39. The van der Waals surface area contributed by atoms with Crippen molar-refractivity contribution in [2.75, 3.05) is 5.32 Å². The molecule has 6 nitrogen and oxygen atoms in total. The molecule has 0 aromatic carbocycles. The summed E-state index contributed by atoms with van der Waals surface area (Å²) >= 11 is 7.57. The van der Waals surface area contributed by atoms with Crippen molar-refractivity contribution in [2.45, 2.75) is 27.2 Å². The Morgan fingerprint density at radius 3 is 2.80 bits per heavy atom. The van der Waals surface area contributed by atoms with Gasteiger partial charge in [0.05, 0.1) is 5.69 Å². The number of nitrogens with zero attached hydrogens (tertiary/aromatic N) is 5. The predicted octanol–water partition coefficient (Wildman–Crippen LogP) is 3.16. The Morgan fingerprint density at radius 2 is 2.10 bits per heavy atom. The average Bonchev–Trinajstić information content (AvgIpc) is 2.89. The molecule has 0 radical (unpaired) electrons. The molecule has 0 unspecified atom stereocenters. The Kier molecular flexibility index (Phi) is 3.31. The molecule has 1 N–H and O–H groups in total. The van der Waals surface area contributed by atoms with Gasteiger partial charge < -0.3 is 5.32 Å². The number of nitrogens with one attached hydrogen (secondary N) is 1. The lowest BCUT2D eigenvalue weighted by atomic mass is 10.4. The van der Waals surface area contributed by atoms with Crippen molar-refractivity contribution in [3.8, 4) is 0 Å². The van der Waals surface area contributed by atoms with Crippen molar-refractivity contribution in [1.29, 1.82) is 0 Å². The normalized spacial score (nSPS) is 11.2. The molecule has 0 atom stereocenters. The maximum absolute atomic E-state index is 5.96. The Labute approximate surface area is 124 Å². The lowest BCUT2D eigenvalue weighted by Gasteiger charge is -2.03. The van der Waals surface area contributed by atoms with Crippen molar-refractivity contribution in [2.24, 2.45) is 0 Å². The van der Waals surface area contributed by atoms with E-state index in [4.69, 9.17) is 11.6 Å². The molecule has 3 aromatic rings. The first-order chi connectivity index (χ1) is 9.56. The van der Waals surface area contributed by atoms with Gasteiger partial charge in [0.2, 0.25) is 10.9 Å². The minimum Gasteiger partial charge on any atom is -0.307 e. The second kappa shape index (κ2) is 4.99. The van der Waals surface area contributed by atoms with E-state index in [0.717, 1.165) is 17.1 Å². The van der Waals surface area contributed by atoms with Gasteiger partial charge in [-0.25, -0.2) is 14.5 Å². The summed E-state index contributed by atoms with van der Waals surface area (Å²) < 4.78 is 1.83. The topological polar surface area (TPSA) is 68.0 Å². The van der Waals surface area contributed by atoms with Gasteiger partial charge in [-0.1, -0.05) is 29.9 Å². The van der Waals surface area contributed by atoms with Crippen LogP contribution in [0, 0.1) is 13.8 Å². The van der Waals surface area contributed by atoms with Crippen LogP contribution in [-0.2, 0) is 6.42 Å². The molecule has 3 rings (SSSR count). The van der Waals surface area contributed by atoms with Gasteiger partial charge >= 0.3 is 0 Å². The van der Waals surface area contributed by atoms with E-state index in [0.29, 0.717) is 22.7 Å². The number of thiazole rings is 1. The number of rotatable bonds is 3. The van der Waals surface area contributed by atoms with Crippen LogP contribution < -0.4 is 5.32 Å². The summed E-state index contributed by atoms with van der Waals surface area (Å²) in [7, 11) is 0. The minimum absolute atomic E-state index is 0.410. The number of aryl methyl sites for hydroxylation is 3.